The van der Waals surface area contributed by atoms with Crippen molar-refractivity contribution in [3.63, 3.8) is 0 Å². The third-order valence-corrected chi connectivity index (χ3v) is 1.83. The van der Waals surface area contributed by atoms with Gasteiger partial charge in [0.05, 0.1) is 19.3 Å². The van der Waals surface area contributed by atoms with E-state index in [0.717, 1.165) is 11.5 Å². The Labute approximate surface area is 71.4 Å². The van der Waals surface area contributed by atoms with Gasteiger partial charge in [-0.15, -0.1) is 0 Å². The molecule has 1 rings (SSSR count). The monoisotopic (exact) mass is 173 g/mol. The molecule has 0 N–H and O–H groups in total. The van der Waals surface area contributed by atoms with Crippen LogP contribution in [0.3, 0.4) is 0 Å². The van der Waals surface area contributed by atoms with Crippen LogP contribution in [0.4, 0.5) is 0 Å². The lowest BCUT2D eigenvalue weighted by Gasteiger charge is -2.14. The van der Waals surface area contributed by atoms with Crippen LogP contribution in [0.5, 0.6) is 0 Å². The first-order chi connectivity index (χ1) is 5.27. The Balaban J connectivity index is 2.76. The molecule has 0 aliphatic heterocycles. The molecular formula is C8H10ClO2. The van der Waals surface area contributed by atoms with Crippen molar-refractivity contribution in [2.75, 3.05) is 14.2 Å². The van der Waals surface area contributed by atoms with E-state index in [1.807, 2.05) is 6.42 Å². The number of ether oxygens (including phenoxy) is 2. The smallest absolute Gasteiger partial charge is 0.115 e. The van der Waals surface area contributed by atoms with Gasteiger partial charge in [0.25, 0.3) is 0 Å². The van der Waals surface area contributed by atoms with Gasteiger partial charge >= 0.3 is 0 Å². The van der Waals surface area contributed by atoms with E-state index in [9.17, 15) is 0 Å². The van der Waals surface area contributed by atoms with Crippen molar-refractivity contribution >= 4 is 11.6 Å². The van der Waals surface area contributed by atoms with Gasteiger partial charge < -0.3 is 9.47 Å². The second kappa shape index (κ2) is 3.67. The highest BCUT2D eigenvalue weighted by molar-refractivity contribution is 6.31. The molecule has 0 aromatic rings. The number of rotatable bonds is 2. The fourth-order valence-corrected chi connectivity index (χ4v) is 1.14. The molecule has 0 heterocycles. The summed E-state index contributed by atoms with van der Waals surface area (Å²) in [6.45, 7) is 0. The summed E-state index contributed by atoms with van der Waals surface area (Å²) in [5.74, 6) is 1.57. The van der Waals surface area contributed by atoms with Crippen molar-refractivity contribution in [3.05, 3.63) is 29.0 Å². The van der Waals surface area contributed by atoms with Crippen LogP contribution in [0.1, 0.15) is 6.42 Å². The molecule has 0 aromatic carbocycles. The minimum absolute atomic E-state index is 0.617. The number of allylic oxidation sites excluding steroid dienone is 4. The fourth-order valence-electron chi connectivity index (χ4n) is 0.878. The summed E-state index contributed by atoms with van der Waals surface area (Å²) in [6, 6.07) is 0. The lowest BCUT2D eigenvalue weighted by Crippen LogP contribution is -2.00. The van der Waals surface area contributed by atoms with Crippen LogP contribution in [0.2, 0.25) is 0 Å². The van der Waals surface area contributed by atoms with Gasteiger partial charge in [0.2, 0.25) is 0 Å². The minimum Gasteiger partial charge on any atom is -0.501 e. The van der Waals surface area contributed by atoms with E-state index in [-0.39, 0.29) is 0 Å². The first kappa shape index (κ1) is 8.47. The zero-order chi connectivity index (χ0) is 8.27. The molecule has 2 nitrogen and oxygen atoms in total. The van der Waals surface area contributed by atoms with Gasteiger partial charge in [0.15, 0.2) is 0 Å². The van der Waals surface area contributed by atoms with Crippen LogP contribution < -0.4 is 0 Å². The Kier molecular flexibility index (Phi) is 2.83. The number of methoxy groups -OCH3 is 2. The maximum atomic E-state index is 5.83. The zero-order valence-electron chi connectivity index (χ0n) is 6.56. The summed E-state index contributed by atoms with van der Waals surface area (Å²) in [7, 11) is 3.22. The quantitative estimate of drug-likeness (QED) is 0.638. The molecule has 0 bridgehead atoms. The molecule has 0 unspecified atom stereocenters. The molecule has 1 aliphatic rings. The topological polar surface area (TPSA) is 18.5 Å². The van der Waals surface area contributed by atoms with Crippen LogP contribution in [0.25, 0.3) is 0 Å². The Morgan fingerprint density at radius 1 is 1.36 bits per heavy atom. The SMILES string of the molecule is COC1=CC(Cl)=C(OC)C[CH]1. The Hall–Kier alpha value is -0.630. The van der Waals surface area contributed by atoms with Gasteiger partial charge in [0, 0.05) is 12.8 Å². The lowest BCUT2D eigenvalue weighted by molar-refractivity contribution is 0.263. The predicted molar refractivity (Wildman–Crippen MR) is 43.9 cm³/mol. The molecule has 0 saturated heterocycles. The summed E-state index contributed by atoms with van der Waals surface area (Å²) in [5.41, 5.74) is 0. The number of halogens is 1. The molecule has 3 heteroatoms. The van der Waals surface area contributed by atoms with Crippen molar-refractivity contribution in [3.8, 4) is 0 Å². The standard InChI is InChI=1S/C8H10ClO2/c1-10-6-3-4-8(11-2)7(9)5-6/h3,5H,4H2,1-2H3. The van der Waals surface area contributed by atoms with Crippen LogP contribution in [0.15, 0.2) is 22.6 Å². The van der Waals surface area contributed by atoms with Crippen molar-refractivity contribution in [2.45, 2.75) is 6.42 Å². The predicted octanol–water partition coefficient (Wildman–Crippen LogP) is 2.22. The fraction of sp³-hybridized carbons (Fsp3) is 0.375. The average Bonchev–Trinajstić information content (AvgIpc) is 2.04. The van der Waals surface area contributed by atoms with Gasteiger partial charge in [0.1, 0.15) is 11.5 Å². The Morgan fingerprint density at radius 2 is 2.09 bits per heavy atom. The van der Waals surface area contributed by atoms with Gasteiger partial charge in [-0.2, -0.15) is 0 Å². The second-order valence-electron chi connectivity index (χ2n) is 2.13. The molecule has 61 valence electrons. The van der Waals surface area contributed by atoms with E-state index in [0.29, 0.717) is 11.5 Å². The van der Waals surface area contributed by atoms with E-state index >= 15 is 0 Å². The Morgan fingerprint density at radius 3 is 2.55 bits per heavy atom. The molecule has 0 spiro atoms. The first-order valence-corrected chi connectivity index (χ1v) is 3.67. The van der Waals surface area contributed by atoms with Crippen molar-refractivity contribution in [1.29, 1.82) is 0 Å². The van der Waals surface area contributed by atoms with E-state index in [1.54, 1.807) is 20.3 Å². The van der Waals surface area contributed by atoms with Crippen molar-refractivity contribution < 1.29 is 9.47 Å². The zero-order valence-corrected chi connectivity index (χ0v) is 7.31. The third-order valence-electron chi connectivity index (χ3n) is 1.51. The Bertz CT molecular complexity index is 206. The van der Waals surface area contributed by atoms with Gasteiger partial charge in [-0.25, -0.2) is 0 Å². The highest BCUT2D eigenvalue weighted by Gasteiger charge is 2.12. The maximum absolute atomic E-state index is 5.83. The van der Waals surface area contributed by atoms with Gasteiger partial charge in [-0.1, -0.05) is 11.6 Å². The van der Waals surface area contributed by atoms with E-state index < -0.39 is 0 Å². The number of hydrogen-bond acceptors (Lipinski definition) is 2. The van der Waals surface area contributed by atoms with E-state index in [4.69, 9.17) is 21.1 Å². The van der Waals surface area contributed by atoms with Gasteiger partial charge in [-0.3, -0.25) is 0 Å². The molecule has 0 saturated carbocycles. The summed E-state index contributed by atoms with van der Waals surface area (Å²) in [4.78, 5) is 0. The van der Waals surface area contributed by atoms with Crippen molar-refractivity contribution in [2.24, 2.45) is 0 Å². The molecule has 0 amide bonds. The number of hydrogen-bond donors (Lipinski definition) is 0. The summed E-state index contributed by atoms with van der Waals surface area (Å²) >= 11 is 5.83. The van der Waals surface area contributed by atoms with E-state index in [2.05, 4.69) is 0 Å². The second-order valence-corrected chi connectivity index (χ2v) is 2.54. The normalized spacial score (nSPS) is 17.9. The highest BCUT2D eigenvalue weighted by atomic mass is 35.5. The summed E-state index contributed by atoms with van der Waals surface area (Å²) in [6.07, 6.45) is 4.36. The molecule has 1 radical (unpaired) electrons. The maximum Gasteiger partial charge on any atom is 0.115 e. The largest absolute Gasteiger partial charge is 0.501 e. The van der Waals surface area contributed by atoms with E-state index in [1.165, 1.54) is 0 Å². The molecule has 0 aromatic heterocycles. The minimum atomic E-state index is 0.617. The van der Waals surface area contributed by atoms with Crippen LogP contribution in [0, 0.1) is 6.42 Å². The van der Waals surface area contributed by atoms with Crippen LogP contribution in [-0.2, 0) is 9.47 Å². The van der Waals surface area contributed by atoms with Crippen molar-refractivity contribution in [1.82, 2.24) is 0 Å². The summed E-state index contributed by atoms with van der Waals surface area (Å²) < 4.78 is 10.00. The third kappa shape index (κ3) is 1.90. The molecule has 0 atom stereocenters. The van der Waals surface area contributed by atoms with Crippen LogP contribution >= 0.6 is 11.6 Å². The lowest BCUT2D eigenvalue weighted by atomic mass is 10.1. The molecule has 11 heavy (non-hydrogen) atoms. The average molecular weight is 174 g/mol. The highest BCUT2D eigenvalue weighted by Crippen LogP contribution is 2.25. The van der Waals surface area contributed by atoms with Crippen LogP contribution in [-0.4, -0.2) is 14.2 Å². The molecular weight excluding hydrogens is 164 g/mol. The molecule has 0 fully saturated rings. The molecule has 1 aliphatic carbocycles. The van der Waals surface area contributed by atoms with Gasteiger partial charge in [-0.05, 0) is 6.08 Å². The summed E-state index contributed by atoms with van der Waals surface area (Å²) in [5, 5.41) is 0.617. The first-order valence-electron chi connectivity index (χ1n) is 3.29.